The Kier molecular flexibility index (Phi) is 5.76. The van der Waals surface area contributed by atoms with E-state index in [1.165, 1.54) is 4.31 Å². The predicted octanol–water partition coefficient (Wildman–Crippen LogP) is 2.40. The minimum atomic E-state index is -3.23. The Morgan fingerprint density at radius 1 is 0.967 bits per heavy atom. The van der Waals surface area contributed by atoms with E-state index >= 15 is 0 Å². The lowest BCUT2D eigenvalue weighted by molar-refractivity contribution is -0.136. The topological polar surface area (TPSA) is 86.8 Å². The number of carbonyl (C=O) groups is 2. The molecule has 2 heterocycles. The first-order chi connectivity index (χ1) is 14.4. The van der Waals surface area contributed by atoms with Crippen molar-refractivity contribution in [2.24, 2.45) is 0 Å². The molecule has 1 atom stereocenters. The average molecular weight is 428 g/mol. The summed E-state index contributed by atoms with van der Waals surface area (Å²) in [6.45, 7) is 1.06. The standard InChI is InChI=1S/C22H25N3O4S/c26-21(16-17-6-2-1-3-7-17)24-13-4-8-20(24)22(27)23-18-9-11-19(12-10-18)25-14-5-15-30(25,28)29/h1-3,6-7,9-12,20H,4-5,8,13-16H2,(H,23,27). The molecule has 4 rings (SSSR count). The number of sulfonamides is 1. The molecule has 0 spiro atoms. The summed E-state index contributed by atoms with van der Waals surface area (Å²) in [5.41, 5.74) is 2.12. The summed E-state index contributed by atoms with van der Waals surface area (Å²) in [6, 6.07) is 15.8. The summed E-state index contributed by atoms with van der Waals surface area (Å²) in [6.07, 6.45) is 2.33. The molecule has 0 bridgehead atoms. The fourth-order valence-electron chi connectivity index (χ4n) is 4.08. The van der Waals surface area contributed by atoms with Crippen molar-refractivity contribution < 1.29 is 18.0 Å². The molecule has 0 saturated carbocycles. The second-order valence-corrected chi connectivity index (χ2v) is 9.70. The molecule has 158 valence electrons. The Balaban J connectivity index is 1.40. The summed E-state index contributed by atoms with van der Waals surface area (Å²) in [5, 5.41) is 2.87. The summed E-state index contributed by atoms with van der Waals surface area (Å²) in [4.78, 5) is 27.2. The Morgan fingerprint density at radius 2 is 1.70 bits per heavy atom. The maximum absolute atomic E-state index is 12.8. The van der Waals surface area contributed by atoms with Crippen LogP contribution in [0.15, 0.2) is 54.6 Å². The molecule has 1 unspecified atom stereocenters. The Hall–Kier alpha value is -2.87. The Bertz CT molecular complexity index is 1020. The molecule has 2 fully saturated rings. The van der Waals surface area contributed by atoms with Gasteiger partial charge in [-0.05, 0) is 49.1 Å². The third kappa shape index (κ3) is 4.33. The second kappa shape index (κ2) is 8.47. The van der Waals surface area contributed by atoms with Gasteiger partial charge in [-0.15, -0.1) is 0 Å². The van der Waals surface area contributed by atoms with Crippen LogP contribution in [0.2, 0.25) is 0 Å². The summed E-state index contributed by atoms with van der Waals surface area (Å²) >= 11 is 0. The van der Waals surface area contributed by atoms with Crippen LogP contribution in [0.1, 0.15) is 24.8 Å². The van der Waals surface area contributed by atoms with Crippen molar-refractivity contribution in [3.63, 3.8) is 0 Å². The van der Waals surface area contributed by atoms with Gasteiger partial charge in [-0.25, -0.2) is 8.42 Å². The van der Waals surface area contributed by atoms with Crippen LogP contribution in [-0.4, -0.2) is 50.0 Å². The normalized spacial score (nSPS) is 20.3. The zero-order chi connectivity index (χ0) is 21.1. The van der Waals surface area contributed by atoms with Gasteiger partial charge < -0.3 is 10.2 Å². The SMILES string of the molecule is O=C(Nc1ccc(N2CCCS2(=O)=O)cc1)C1CCCN1C(=O)Cc1ccccc1. The van der Waals surface area contributed by atoms with E-state index in [2.05, 4.69) is 5.32 Å². The summed E-state index contributed by atoms with van der Waals surface area (Å²) < 4.78 is 25.5. The van der Waals surface area contributed by atoms with E-state index in [0.29, 0.717) is 37.3 Å². The number of benzene rings is 2. The van der Waals surface area contributed by atoms with E-state index in [1.54, 1.807) is 29.2 Å². The highest BCUT2D eigenvalue weighted by atomic mass is 32.2. The Morgan fingerprint density at radius 3 is 2.37 bits per heavy atom. The summed E-state index contributed by atoms with van der Waals surface area (Å²) in [7, 11) is -3.23. The quantitative estimate of drug-likeness (QED) is 0.794. The van der Waals surface area contributed by atoms with Crippen LogP contribution in [0.4, 0.5) is 11.4 Å². The number of nitrogens with zero attached hydrogens (tertiary/aromatic N) is 2. The molecular weight excluding hydrogens is 402 g/mol. The van der Waals surface area contributed by atoms with Gasteiger partial charge in [0.25, 0.3) is 0 Å². The van der Waals surface area contributed by atoms with Crippen molar-refractivity contribution in [2.75, 3.05) is 28.5 Å². The van der Waals surface area contributed by atoms with Crippen molar-refractivity contribution in [3.8, 4) is 0 Å². The fraction of sp³-hybridized carbons (Fsp3) is 0.364. The number of likely N-dealkylation sites (tertiary alicyclic amines) is 1. The van der Waals surface area contributed by atoms with Gasteiger partial charge in [-0.1, -0.05) is 30.3 Å². The van der Waals surface area contributed by atoms with Crippen molar-refractivity contribution in [2.45, 2.75) is 31.7 Å². The van der Waals surface area contributed by atoms with Gasteiger partial charge in [0.1, 0.15) is 6.04 Å². The Labute approximate surface area is 176 Å². The van der Waals surface area contributed by atoms with Gasteiger partial charge >= 0.3 is 0 Å². The van der Waals surface area contributed by atoms with E-state index in [4.69, 9.17) is 0 Å². The first-order valence-electron chi connectivity index (χ1n) is 10.2. The van der Waals surface area contributed by atoms with E-state index < -0.39 is 16.1 Å². The highest BCUT2D eigenvalue weighted by Crippen LogP contribution is 2.26. The van der Waals surface area contributed by atoms with E-state index in [1.807, 2.05) is 30.3 Å². The van der Waals surface area contributed by atoms with E-state index in [-0.39, 0.29) is 24.0 Å². The molecule has 2 aromatic rings. The van der Waals surface area contributed by atoms with Gasteiger partial charge in [0.2, 0.25) is 21.8 Å². The minimum absolute atomic E-state index is 0.0477. The van der Waals surface area contributed by atoms with E-state index in [0.717, 1.165) is 12.0 Å². The van der Waals surface area contributed by atoms with Gasteiger partial charge in [0.05, 0.1) is 17.9 Å². The molecule has 0 aromatic heterocycles. The zero-order valence-electron chi connectivity index (χ0n) is 16.7. The van der Waals surface area contributed by atoms with Crippen LogP contribution in [-0.2, 0) is 26.0 Å². The lowest BCUT2D eigenvalue weighted by atomic mass is 10.1. The molecule has 30 heavy (non-hydrogen) atoms. The maximum Gasteiger partial charge on any atom is 0.247 e. The molecular formula is C22H25N3O4S. The van der Waals surface area contributed by atoms with E-state index in [9.17, 15) is 18.0 Å². The molecule has 0 aliphatic carbocycles. The fourth-order valence-corrected chi connectivity index (χ4v) is 5.64. The smallest absolute Gasteiger partial charge is 0.247 e. The van der Waals surface area contributed by atoms with Crippen LogP contribution in [0, 0.1) is 0 Å². The van der Waals surface area contributed by atoms with Gasteiger partial charge in [0.15, 0.2) is 0 Å². The molecule has 7 nitrogen and oxygen atoms in total. The summed E-state index contributed by atoms with van der Waals surface area (Å²) in [5.74, 6) is -0.0936. The van der Waals surface area contributed by atoms with Crippen LogP contribution in [0.5, 0.6) is 0 Å². The number of nitrogens with one attached hydrogen (secondary N) is 1. The molecule has 2 saturated heterocycles. The number of rotatable bonds is 5. The second-order valence-electron chi connectivity index (χ2n) is 7.69. The third-order valence-corrected chi connectivity index (χ3v) is 7.47. The first-order valence-corrected chi connectivity index (χ1v) is 11.8. The zero-order valence-corrected chi connectivity index (χ0v) is 17.5. The number of hydrogen-bond donors (Lipinski definition) is 1. The monoisotopic (exact) mass is 427 g/mol. The molecule has 2 amide bonds. The predicted molar refractivity (Wildman–Crippen MR) is 116 cm³/mol. The molecule has 2 aliphatic rings. The van der Waals surface area contributed by atoms with Crippen molar-refractivity contribution in [1.82, 2.24) is 4.90 Å². The molecule has 2 aliphatic heterocycles. The van der Waals surface area contributed by atoms with Gasteiger partial charge in [-0.3, -0.25) is 13.9 Å². The maximum atomic E-state index is 12.8. The number of carbonyl (C=O) groups excluding carboxylic acids is 2. The molecule has 1 N–H and O–H groups in total. The minimum Gasteiger partial charge on any atom is -0.330 e. The van der Waals surface area contributed by atoms with Crippen molar-refractivity contribution in [3.05, 3.63) is 60.2 Å². The van der Waals surface area contributed by atoms with Crippen LogP contribution >= 0.6 is 0 Å². The van der Waals surface area contributed by atoms with Crippen molar-refractivity contribution >= 4 is 33.2 Å². The van der Waals surface area contributed by atoms with Gasteiger partial charge in [-0.2, -0.15) is 0 Å². The lowest BCUT2D eigenvalue weighted by Gasteiger charge is -2.24. The van der Waals surface area contributed by atoms with Crippen LogP contribution < -0.4 is 9.62 Å². The average Bonchev–Trinajstić information content (AvgIpc) is 3.36. The highest BCUT2D eigenvalue weighted by molar-refractivity contribution is 7.93. The number of anilines is 2. The molecule has 0 radical (unpaired) electrons. The van der Waals surface area contributed by atoms with Crippen molar-refractivity contribution in [1.29, 1.82) is 0 Å². The first kappa shape index (κ1) is 20.4. The van der Waals surface area contributed by atoms with Gasteiger partial charge in [0, 0.05) is 18.8 Å². The molecule has 8 heteroatoms. The van der Waals surface area contributed by atoms with Crippen LogP contribution in [0.3, 0.4) is 0 Å². The molecule has 2 aromatic carbocycles. The lowest BCUT2D eigenvalue weighted by Crippen LogP contribution is -2.43. The highest BCUT2D eigenvalue weighted by Gasteiger charge is 2.34. The number of hydrogen-bond acceptors (Lipinski definition) is 4. The van der Waals surface area contributed by atoms with Crippen LogP contribution in [0.25, 0.3) is 0 Å². The third-order valence-electron chi connectivity index (χ3n) is 5.60. The number of amides is 2. The largest absolute Gasteiger partial charge is 0.330 e.